The largest absolute Gasteiger partial charge is 0.491 e. The molecule has 6 rings (SSSR count). The average Bonchev–Trinajstić information content (AvgIpc) is 3.63. The molecule has 1 saturated carbocycles. The first-order chi connectivity index (χ1) is 19.7. The van der Waals surface area contributed by atoms with E-state index in [1.165, 1.54) is 12.1 Å². The van der Waals surface area contributed by atoms with Crippen molar-refractivity contribution in [1.82, 2.24) is 20.6 Å². The molecule has 1 aliphatic heterocycles. The molecule has 3 N–H and O–H groups in total. The van der Waals surface area contributed by atoms with E-state index >= 15 is 0 Å². The van der Waals surface area contributed by atoms with Crippen molar-refractivity contribution < 1.29 is 42.0 Å². The number of carboxylic acids is 1. The Kier molecular flexibility index (Phi) is 6.99. The zero-order chi connectivity index (χ0) is 28.7. The number of rotatable bonds is 6. The van der Waals surface area contributed by atoms with Crippen LogP contribution in [0.5, 0.6) is 5.75 Å². The molecule has 4 aromatic rings. The van der Waals surface area contributed by atoms with Gasteiger partial charge in [0, 0.05) is 22.7 Å². The number of halogens is 3. The number of aliphatic hydroxyl groups is 1. The van der Waals surface area contributed by atoms with Gasteiger partial charge >= 0.3 is 12.1 Å². The Morgan fingerprint density at radius 3 is 2.44 bits per heavy atom. The molecular formula is C28H25F3N4O6. The SMILES string of the molecule is O=C(O)[C@H]1CC[C@H](N[C@@H]2COc3cc(-c4noc(-c5onc(-c6ccccc6)c5C(F)(F)F)n4)ccc3[C@@H]2O)CC1. The summed E-state index contributed by atoms with van der Waals surface area (Å²) in [5.41, 5.74) is -0.350. The van der Waals surface area contributed by atoms with Crippen molar-refractivity contribution in [1.29, 1.82) is 0 Å². The number of carbonyl (C=O) groups is 1. The van der Waals surface area contributed by atoms with Crippen LogP contribution in [0.1, 0.15) is 42.9 Å². The number of fused-ring (bicyclic) bond motifs is 1. The van der Waals surface area contributed by atoms with E-state index in [4.69, 9.17) is 13.8 Å². The fourth-order valence-electron chi connectivity index (χ4n) is 5.40. The predicted molar refractivity (Wildman–Crippen MR) is 136 cm³/mol. The van der Waals surface area contributed by atoms with E-state index in [0.29, 0.717) is 42.6 Å². The van der Waals surface area contributed by atoms with Gasteiger partial charge in [0.05, 0.1) is 12.0 Å². The number of benzene rings is 2. The van der Waals surface area contributed by atoms with Crippen molar-refractivity contribution in [2.45, 2.75) is 50.0 Å². The summed E-state index contributed by atoms with van der Waals surface area (Å²) in [6.45, 7) is 0.170. The van der Waals surface area contributed by atoms with Gasteiger partial charge in [-0.3, -0.25) is 4.79 Å². The van der Waals surface area contributed by atoms with E-state index in [9.17, 15) is 28.2 Å². The second-order valence-electron chi connectivity index (χ2n) is 10.2. The Balaban J connectivity index is 1.20. The van der Waals surface area contributed by atoms with Crippen molar-refractivity contribution in [2.75, 3.05) is 6.61 Å². The predicted octanol–water partition coefficient (Wildman–Crippen LogP) is 5.10. The van der Waals surface area contributed by atoms with Crippen LogP contribution in [0.15, 0.2) is 57.6 Å². The maximum atomic E-state index is 14.0. The molecule has 0 radical (unpaired) electrons. The highest BCUT2D eigenvalue weighted by atomic mass is 19.4. The summed E-state index contributed by atoms with van der Waals surface area (Å²) in [6.07, 6.45) is -3.14. The molecule has 2 aromatic heterocycles. The Hall–Kier alpha value is -4.23. The van der Waals surface area contributed by atoms with Gasteiger partial charge in [0.1, 0.15) is 29.7 Å². The molecule has 0 saturated heterocycles. The highest BCUT2D eigenvalue weighted by Crippen LogP contribution is 2.43. The molecule has 13 heteroatoms. The number of aromatic nitrogens is 3. The van der Waals surface area contributed by atoms with E-state index in [1.807, 2.05) is 0 Å². The van der Waals surface area contributed by atoms with Gasteiger partial charge < -0.3 is 29.3 Å². The van der Waals surface area contributed by atoms with E-state index in [0.717, 1.165) is 0 Å². The number of aliphatic carboxylic acids is 1. The zero-order valence-corrected chi connectivity index (χ0v) is 21.5. The van der Waals surface area contributed by atoms with Crippen molar-refractivity contribution >= 4 is 5.97 Å². The normalized spacial score (nSPS) is 22.6. The maximum Gasteiger partial charge on any atom is 0.422 e. The lowest BCUT2D eigenvalue weighted by atomic mass is 9.85. The van der Waals surface area contributed by atoms with Crippen LogP contribution < -0.4 is 10.1 Å². The molecule has 0 unspecified atom stereocenters. The molecule has 2 aromatic carbocycles. The molecular weight excluding hydrogens is 545 g/mol. The van der Waals surface area contributed by atoms with E-state index in [1.54, 1.807) is 36.4 Å². The molecule has 0 amide bonds. The fourth-order valence-corrected chi connectivity index (χ4v) is 5.40. The Labute approximate surface area is 231 Å². The summed E-state index contributed by atoms with van der Waals surface area (Å²) < 4.78 is 58.2. The monoisotopic (exact) mass is 570 g/mol. The van der Waals surface area contributed by atoms with Gasteiger partial charge in [-0.25, -0.2) is 0 Å². The van der Waals surface area contributed by atoms with Crippen LogP contribution in [-0.2, 0) is 11.0 Å². The zero-order valence-electron chi connectivity index (χ0n) is 21.5. The van der Waals surface area contributed by atoms with Gasteiger partial charge in [0.2, 0.25) is 11.6 Å². The molecule has 3 heterocycles. The third-order valence-corrected chi connectivity index (χ3v) is 7.56. The Morgan fingerprint density at radius 2 is 1.73 bits per heavy atom. The van der Waals surface area contributed by atoms with Crippen LogP contribution in [0.2, 0.25) is 0 Å². The number of nitrogens with one attached hydrogen (secondary N) is 1. The van der Waals surface area contributed by atoms with Crippen molar-refractivity contribution in [3.63, 3.8) is 0 Å². The first-order valence-corrected chi connectivity index (χ1v) is 13.1. The molecule has 10 nitrogen and oxygen atoms in total. The molecule has 1 aliphatic carbocycles. The molecule has 41 heavy (non-hydrogen) atoms. The van der Waals surface area contributed by atoms with Crippen molar-refractivity contribution in [2.24, 2.45) is 5.92 Å². The van der Waals surface area contributed by atoms with Gasteiger partial charge in [-0.2, -0.15) is 18.2 Å². The van der Waals surface area contributed by atoms with Crippen LogP contribution in [0.25, 0.3) is 34.3 Å². The Morgan fingerprint density at radius 1 is 0.976 bits per heavy atom. The van der Waals surface area contributed by atoms with Crippen LogP contribution in [0, 0.1) is 5.92 Å². The summed E-state index contributed by atoms with van der Waals surface area (Å²) in [5.74, 6) is -1.89. The first kappa shape index (κ1) is 27.0. The lowest BCUT2D eigenvalue weighted by Crippen LogP contribution is -2.48. The van der Waals surface area contributed by atoms with Crippen LogP contribution in [0.3, 0.4) is 0 Å². The number of alkyl halides is 3. The summed E-state index contributed by atoms with van der Waals surface area (Å²) >= 11 is 0. The van der Waals surface area contributed by atoms with E-state index in [-0.39, 0.29) is 41.7 Å². The van der Waals surface area contributed by atoms with Gasteiger partial charge in [-0.15, -0.1) is 0 Å². The molecule has 2 atom stereocenters. The standard InChI is InChI=1S/C28H25F3N4O6/c29-28(30,31)21-22(14-4-2-1-3-5-14)34-40-24(21)26-33-25(35-41-26)16-8-11-18-20(12-16)39-13-19(23(18)36)32-17-9-6-15(7-10-17)27(37)38/h1-5,8,11-12,15,17,19,23,32,36H,6-7,9-10,13H2,(H,37,38)/t15-,17-,19-,23+/m1/s1. The van der Waals surface area contributed by atoms with Gasteiger partial charge in [0.25, 0.3) is 5.89 Å². The van der Waals surface area contributed by atoms with Crippen LogP contribution in [-0.4, -0.2) is 50.2 Å². The van der Waals surface area contributed by atoms with Crippen molar-refractivity contribution in [3.8, 4) is 40.0 Å². The summed E-state index contributed by atoms with van der Waals surface area (Å²) in [5, 5.41) is 31.1. The number of carboxylic acid groups (broad SMARTS) is 1. The highest BCUT2D eigenvalue weighted by molar-refractivity contribution is 5.71. The second-order valence-corrected chi connectivity index (χ2v) is 10.2. The average molecular weight is 571 g/mol. The summed E-state index contributed by atoms with van der Waals surface area (Å²) in [6, 6.07) is 12.4. The minimum atomic E-state index is -4.80. The van der Waals surface area contributed by atoms with E-state index < -0.39 is 35.5 Å². The van der Waals surface area contributed by atoms with Crippen LogP contribution in [0.4, 0.5) is 13.2 Å². The molecule has 1 fully saturated rings. The van der Waals surface area contributed by atoms with E-state index in [2.05, 4.69) is 20.6 Å². The third kappa shape index (κ3) is 5.30. The number of nitrogens with zero attached hydrogens (tertiary/aromatic N) is 3. The molecule has 0 bridgehead atoms. The molecule has 0 spiro atoms. The minimum Gasteiger partial charge on any atom is -0.491 e. The van der Waals surface area contributed by atoms with Gasteiger partial charge in [-0.1, -0.05) is 52.8 Å². The number of aliphatic hydroxyl groups excluding tert-OH is 1. The topological polar surface area (TPSA) is 144 Å². The second kappa shape index (κ2) is 10.6. The quantitative estimate of drug-likeness (QED) is 0.286. The van der Waals surface area contributed by atoms with Crippen molar-refractivity contribution in [3.05, 3.63) is 59.7 Å². The third-order valence-electron chi connectivity index (χ3n) is 7.56. The lowest BCUT2D eigenvalue weighted by molar-refractivity contribution is -0.143. The Bertz CT molecular complexity index is 1550. The number of hydrogen-bond donors (Lipinski definition) is 3. The molecule has 214 valence electrons. The minimum absolute atomic E-state index is 0.00196. The summed E-state index contributed by atoms with van der Waals surface area (Å²) in [4.78, 5) is 15.3. The van der Waals surface area contributed by atoms with Gasteiger partial charge in [0.15, 0.2) is 0 Å². The molecule has 2 aliphatic rings. The van der Waals surface area contributed by atoms with Crippen LogP contribution >= 0.6 is 0 Å². The highest BCUT2D eigenvalue weighted by Gasteiger charge is 2.43. The number of ether oxygens (including phenoxy) is 1. The maximum absolute atomic E-state index is 14.0. The lowest BCUT2D eigenvalue weighted by Gasteiger charge is -2.36. The van der Waals surface area contributed by atoms with Gasteiger partial charge in [-0.05, 0) is 31.7 Å². The fraction of sp³-hybridized carbons (Fsp3) is 0.357. The first-order valence-electron chi connectivity index (χ1n) is 13.1. The number of hydrogen-bond acceptors (Lipinski definition) is 9. The smallest absolute Gasteiger partial charge is 0.422 e. The summed E-state index contributed by atoms with van der Waals surface area (Å²) in [7, 11) is 0.